The molecule has 0 saturated heterocycles. The number of carbonyl (C=O) groups excluding carboxylic acids is 1. The van der Waals surface area contributed by atoms with Crippen LogP contribution in [0.1, 0.15) is 10.4 Å². The monoisotopic (exact) mass is 289 g/mol. The minimum absolute atomic E-state index is 0.0679. The molecule has 1 amide bonds. The average molecular weight is 289 g/mol. The predicted molar refractivity (Wildman–Crippen MR) is 72.0 cm³/mol. The lowest BCUT2D eigenvalue weighted by molar-refractivity contribution is 0.102. The number of hydrogen-bond donors (Lipinski definition) is 1. The molecule has 0 spiro atoms. The summed E-state index contributed by atoms with van der Waals surface area (Å²) >= 11 is 1.44. The summed E-state index contributed by atoms with van der Waals surface area (Å²) in [4.78, 5) is 12.6. The summed E-state index contributed by atoms with van der Waals surface area (Å²) in [6, 6.07) is 9.27. The molecule has 3 aromatic rings. The van der Waals surface area contributed by atoms with Crippen molar-refractivity contribution >= 4 is 23.3 Å². The lowest BCUT2D eigenvalue weighted by atomic mass is 10.2. The Morgan fingerprint density at radius 2 is 2.05 bits per heavy atom. The first-order chi connectivity index (χ1) is 9.74. The van der Waals surface area contributed by atoms with Crippen molar-refractivity contribution in [1.82, 2.24) is 10.2 Å². The quantitative estimate of drug-likeness (QED) is 0.804. The fraction of sp³-hybridized carbons (Fsp3) is 0. The molecule has 20 heavy (non-hydrogen) atoms. The predicted octanol–water partition coefficient (Wildman–Crippen LogP) is 3.19. The number of hydrogen-bond acceptors (Lipinski definition) is 5. The van der Waals surface area contributed by atoms with Crippen molar-refractivity contribution in [3.8, 4) is 10.8 Å². The zero-order valence-corrected chi connectivity index (χ0v) is 10.9. The van der Waals surface area contributed by atoms with Crippen LogP contribution in [0.5, 0.6) is 0 Å². The topological polar surface area (TPSA) is 68.0 Å². The van der Waals surface area contributed by atoms with E-state index in [1.165, 1.54) is 29.5 Å². The third-order valence-electron chi connectivity index (χ3n) is 2.50. The molecule has 5 nitrogen and oxygen atoms in total. The van der Waals surface area contributed by atoms with E-state index in [-0.39, 0.29) is 11.6 Å². The van der Waals surface area contributed by atoms with E-state index < -0.39 is 11.7 Å². The lowest BCUT2D eigenvalue weighted by Crippen LogP contribution is -2.13. The van der Waals surface area contributed by atoms with Crippen LogP contribution in [0, 0.1) is 5.82 Å². The Balaban J connectivity index is 1.79. The summed E-state index contributed by atoms with van der Waals surface area (Å²) in [6.45, 7) is 0. The highest BCUT2D eigenvalue weighted by Crippen LogP contribution is 2.24. The maximum Gasteiger partial charge on any atom is 0.322 e. The molecule has 0 aliphatic heterocycles. The van der Waals surface area contributed by atoms with Gasteiger partial charge in [-0.25, -0.2) is 4.39 Å². The molecular weight excluding hydrogens is 281 g/mol. The van der Waals surface area contributed by atoms with Gasteiger partial charge in [0.1, 0.15) is 5.82 Å². The van der Waals surface area contributed by atoms with Crippen molar-refractivity contribution in [2.45, 2.75) is 0 Å². The van der Waals surface area contributed by atoms with Gasteiger partial charge in [-0.3, -0.25) is 10.1 Å². The van der Waals surface area contributed by atoms with E-state index in [1.807, 2.05) is 17.5 Å². The first-order valence-electron chi connectivity index (χ1n) is 5.67. The number of rotatable bonds is 3. The molecule has 100 valence electrons. The minimum atomic E-state index is -0.635. The molecule has 7 heteroatoms. The fourth-order valence-electron chi connectivity index (χ4n) is 1.58. The maximum atomic E-state index is 13.4. The van der Waals surface area contributed by atoms with Gasteiger partial charge in [-0.05, 0) is 23.6 Å². The summed E-state index contributed by atoms with van der Waals surface area (Å²) in [6.07, 6.45) is 0. The van der Waals surface area contributed by atoms with Gasteiger partial charge >= 0.3 is 6.01 Å². The van der Waals surface area contributed by atoms with Gasteiger partial charge in [-0.1, -0.05) is 23.3 Å². The number of aromatic nitrogens is 2. The molecule has 0 radical (unpaired) electrons. The largest absolute Gasteiger partial charge is 0.402 e. The Labute approximate surface area is 117 Å². The molecule has 0 aliphatic rings. The van der Waals surface area contributed by atoms with Crippen molar-refractivity contribution in [3.05, 3.63) is 53.2 Å². The number of benzene rings is 1. The fourth-order valence-corrected chi connectivity index (χ4v) is 2.23. The molecule has 3 rings (SSSR count). The van der Waals surface area contributed by atoms with Crippen molar-refractivity contribution in [1.29, 1.82) is 0 Å². The summed E-state index contributed by atoms with van der Waals surface area (Å²) in [5.74, 6) is -0.934. The highest BCUT2D eigenvalue weighted by molar-refractivity contribution is 7.13. The third-order valence-corrected chi connectivity index (χ3v) is 3.35. The number of thiophene rings is 1. The molecule has 0 aliphatic carbocycles. The van der Waals surface area contributed by atoms with Crippen LogP contribution in [0.2, 0.25) is 0 Å². The van der Waals surface area contributed by atoms with Crippen LogP contribution >= 0.6 is 11.3 Å². The molecule has 1 N–H and O–H groups in total. The van der Waals surface area contributed by atoms with Gasteiger partial charge in [0.15, 0.2) is 0 Å². The van der Waals surface area contributed by atoms with E-state index in [0.717, 1.165) is 4.88 Å². The van der Waals surface area contributed by atoms with Crippen molar-refractivity contribution in [3.63, 3.8) is 0 Å². The van der Waals surface area contributed by atoms with Crippen LogP contribution < -0.4 is 5.32 Å². The van der Waals surface area contributed by atoms with E-state index in [1.54, 1.807) is 6.07 Å². The Kier molecular flexibility index (Phi) is 3.26. The van der Waals surface area contributed by atoms with Crippen LogP contribution in [0.25, 0.3) is 10.8 Å². The van der Waals surface area contributed by atoms with Gasteiger partial charge in [0, 0.05) is 0 Å². The van der Waals surface area contributed by atoms with Gasteiger partial charge in [0.25, 0.3) is 11.8 Å². The Hall–Kier alpha value is -2.54. The van der Waals surface area contributed by atoms with Crippen LogP contribution in [0.4, 0.5) is 10.4 Å². The molecule has 0 fully saturated rings. The summed E-state index contributed by atoms with van der Waals surface area (Å²) in [5, 5.41) is 11.8. The molecular formula is C13H8FN3O2S. The number of amides is 1. The smallest absolute Gasteiger partial charge is 0.322 e. The van der Waals surface area contributed by atoms with Gasteiger partial charge in [0.05, 0.1) is 10.4 Å². The van der Waals surface area contributed by atoms with Crippen LogP contribution in [0.15, 0.2) is 46.2 Å². The Morgan fingerprint density at radius 3 is 2.80 bits per heavy atom. The third kappa shape index (κ3) is 2.43. The standard InChI is InChI=1S/C13H8FN3O2S/c14-9-5-2-1-4-8(9)11(18)15-13-17-16-12(19-13)10-6-3-7-20-10/h1-7H,(H,15,17,18). The highest BCUT2D eigenvalue weighted by Gasteiger charge is 2.15. The zero-order valence-electron chi connectivity index (χ0n) is 10.0. The normalized spacial score (nSPS) is 10.4. The molecule has 1 aromatic carbocycles. The molecule has 0 unspecified atom stereocenters. The zero-order chi connectivity index (χ0) is 13.9. The highest BCUT2D eigenvalue weighted by atomic mass is 32.1. The SMILES string of the molecule is O=C(Nc1nnc(-c2cccs2)o1)c1ccccc1F. The van der Waals surface area contributed by atoms with Crippen molar-refractivity contribution in [2.75, 3.05) is 5.32 Å². The van der Waals surface area contributed by atoms with Crippen molar-refractivity contribution < 1.29 is 13.6 Å². The number of nitrogens with zero attached hydrogens (tertiary/aromatic N) is 2. The molecule has 0 atom stereocenters. The molecule has 2 aromatic heterocycles. The second-order valence-electron chi connectivity index (χ2n) is 3.82. The van der Waals surface area contributed by atoms with Crippen LogP contribution in [-0.2, 0) is 0 Å². The van der Waals surface area contributed by atoms with E-state index in [4.69, 9.17) is 4.42 Å². The number of anilines is 1. The lowest BCUT2D eigenvalue weighted by Gasteiger charge is -2.01. The van der Waals surface area contributed by atoms with Gasteiger partial charge in [-0.15, -0.1) is 16.4 Å². The average Bonchev–Trinajstić information content (AvgIpc) is 3.09. The molecule has 0 bridgehead atoms. The Morgan fingerprint density at radius 1 is 1.20 bits per heavy atom. The van der Waals surface area contributed by atoms with Gasteiger partial charge < -0.3 is 4.42 Å². The van der Waals surface area contributed by atoms with Gasteiger partial charge in [0.2, 0.25) is 0 Å². The van der Waals surface area contributed by atoms with Crippen molar-refractivity contribution in [2.24, 2.45) is 0 Å². The Bertz CT molecular complexity index is 740. The second-order valence-corrected chi connectivity index (χ2v) is 4.77. The molecule has 2 heterocycles. The number of halogens is 1. The first-order valence-corrected chi connectivity index (χ1v) is 6.55. The van der Waals surface area contributed by atoms with E-state index in [9.17, 15) is 9.18 Å². The van der Waals surface area contributed by atoms with E-state index >= 15 is 0 Å². The van der Waals surface area contributed by atoms with Crippen LogP contribution in [0.3, 0.4) is 0 Å². The summed E-state index contributed by atoms with van der Waals surface area (Å²) in [7, 11) is 0. The summed E-state index contributed by atoms with van der Waals surface area (Å²) in [5.41, 5.74) is -0.0802. The van der Waals surface area contributed by atoms with E-state index in [2.05, 4.69) is 15.5 Å². The van der Waals surface area contributed by atoms with E-state index in [0.29, 0.717) is 5.89 Å². The maximum absolute atomic E-state index is 13.4. The summed E-state index contributed by atoms with van der Waals surface area (Å²) < 4.78 is 18.7. The second kappa shape index (κ2) is 5.22. The van der Waals surface area contributed by atoms with Gasteiger partial charge in [-0.2, -0.15) is 0 Å². The minimum Gasteiger partial charge on any atom is -0.402 e. The molecule has 0 saturated carbocycles. The van der Waals surface area contributed by atoms with Crippen LogP contribution in [-0.4, -0.2) is 16.1 Å². The first kappa shape index (κ1) is 12.5. The number of carbonyl (C=O) groups is 1. The number of nitrogens with one attached hydrogen (secondary N) is 1.